The van der Waals surface area contributed by atoms with Crippen molar-refractivity contribution in [1.29, 1.82) is 0 Å². The van der Waals surface area contributed by atoms with Gasteiger partial charge in [0.15, 0.2) is 0 Å². The van der Waals surface area contributed by atoms with Gasteiger partial charge in [-0.05, 0) is 13.3 Å². The summed E-state index contributed by atoms with van der Waals surface area (Å²) in [4.78, 5) is 13.4. The van der Waals surface area contributed by atoms with Crippen LogP contribution in [-0.4, -0.2) is 41.7 Å². The van der Waals surface area contributed by atoms with Crippen molar-refractivity contribution in [3.63, 3.8) is 0 Å². The number of carbonyl (C=O) groups excluding carboxylic acids is 1. The minimum absolute atomic E-state index is 0.156. The second kappa shape index (κ2) is 6.51. The summed E-state index contributed by atoms with van der Waals surface area (Å²) in [6, 6.07) is 1.09. The van der Waals surface area contributed by atoms with E-state index in [2.05, 4.69) is 4.74 Å². The molecule has 1 amide bonds. The molecule has 122 valence electrons. The van der Waals surface area contributed by atoms with Gasteiger partial charge in [0, 0.05) is 31.1 Å². The minimum Gasteiger partial charge on any atom is -0.435 e. The normalized spacial score (nSPS) is 19.6. The molecule has 22 heavy (non-hydrogen) atoms. The maximum atomic E-state index is 13.9. The third kappa shape index (κ3) is 3.49. The van der Waals surface area contributed by atoms with E-state index in [1.807, 2.05) is 0 Å². The Hall–Kier alpha value is -1.83. The highest BCUT2D eigenvalue weighted by atomic mass is 19.3. The summed E-state index contributed by atoms with van der Waals surface area (Å²) in [6.07, 6.45) is -0.103. The number of aliphatic hydroxyl groups excluding tert-OH is 1. The van der Waals surface area contributed by atoms with E-state index in [1.165, 1.54) is 4.90 Å². The molecular formula is C14H15F4NO3. The maximum Gasteiger partial charge on any atom is 0.387 e. The molecule has 1 aliphatic heterocycles. The van der Waals surface area contributed by atoms with Crippen LogP contribution in [0.5, 0.6) is 5.75 Å². The number of carbonyl (C=O) groups is 1. The molecule has 1 saturated heterocycles. The smallest absolute Gasteiger partial charge is 0.387 e. The molecule has 4 nitrogen and oxygen atoms in total. The number of ether oxygens (including phenoxy) is 1. The first-order valence-corrected chi connectivity index (χ1v) is 6.70. The summed E-state index contributed by atoms with van der Waals surface area (Å²) in [7, 11) is 0. The van der Waals surface area contributed by atoms with Crippen LogP contribution in [0.2, 0.25) is 0 Å². The lowest BCUT2D eigenvalue weighted by Crippen LogP contribution is -2.31. The first-order chi connectivity index (χ1) is 10.3. The van der Waals surface area contributed by atoms with Crippen LogP contribution in [0.4, 0.5) is 17.6 Å². The lowest BCUT2D eigenvalue weighted by Gasteiger charge is -2.18. The Kier molecular flexibility index (Phi) is 4.90. The third-order valence-electron chi connectivity index (χ3n) is 3.65. The molecule has 2 rings (SSSR count). The van der Waals surface area contributed by atoms with Crippen molar-refractivity contribution in [3.05, 3.63) is 29.3 Å². The molecule has 1 heterocycles. The monoisotopic (exact) mass is 321 g/mol. The Labute approximate surface area is 124 Å². The van der Waals surface area contributed by atoms with Crippen molar-refractivity contribution >= 4 is 5.91 Å². The van der Waals surface area contributed by atoms with Crippen LogP contribution in [0.15, 0.2) is 12.1 Å². The van der Waals surface area contributed by atoms with Crippen molar-refractivity contribution in [2.45, 2.75) is 26.1 Å². The van der Waals surface area contributed by atoms with Gasteiger partial charge in [0.05, 0.1) is 6.10 Å². The summed E-state index contributed by atoms with van der Waals surface area (Å²) in [5.41, 5.74) is -0.812. The summed E-state index contributed by atoms with van der Waals surface area (Å²) >= 11 is 0. The molecule has 1 N–H and O–H groups in total. The van der Waals surface area contributed by atoms with Crippen LogP contribution in [0.3, 0.4) is 0 Å². The Balaban J connectivity index is 2.20. The topological polar surface area (TPSA) is 49.8 Å². The number of alkyl halides is 2. The lowest BCUT2D eigenvalue weighted by atomic mass is 10.0. The van der Waals surface area contributed by atoms with Crippen LogP contribution in [0.1, 0.15) is 23.7 Å². The van der Waals surface area contributed by atoms with Crippen LogP contribution in [-0.2, 0) is 0 Å². The van der Waals surface area contributed by atoms with Crippen molar-refractivity contribution in [3.8, 4) is 5.75 Å². The summed E-state index contributed by atoms with van der Waals surface area (Å²) in [6.45, 7) is -1.19. The van der Waals surface area contributed by atoms with Gasteiger partial charge in [-0.3, -0.25) is 4.79 Å². The number of hydrogen-bond donors (Lipinski definition) is 1. The number of rotatable bonds is 4. The number of nitrogens with zero attached hydrogens (tertiary/aromatic N) is 1. The molecule has 1 fully saturated rings. The molecule has 0 aliphatic carbocycles. The zero-order chi connectivity index (χ0) is 16.4. The van der Waals surface area contributed by atoms with Gasteiger partial charge < -0.3 is 14.7 Å². The molecule has 0 bridgehead atoms. The van der Waals surface area contributed by atoms with Gasteiger partial charge in [0.1, 0.15) is 22.9 Å². The Morgan fingerprint density at radius 1 is 1.36 bits per heavy atom. The molecule has 0 radical (unpaired) electrons. The molecule has 1 aromatic rings. The molecule has 0 saturated carbocycles. The molecule has 1 aliphatic rings. The number of likely N-dealkylation sites (tertiary alicyclic amines) is 1. The summed E-state index contributed by atoms with van der Waals surface area (Å²) in [5.74, 6) is -4.25. The van der Waals surface area contributed by atoms with E-state index >= 15 is 0 Å². The van der Waals surface area contributed by atoms with Crippen LogP contribution < -0.4 is 4.74 Å². The molecule has 2 atom stereocenters. The third-order valence-corrected chi connectivity index (χ3v) is 3.65. The summed E-state index contributed by atoms with van der Waals surface area (Å²) in [5, 5.41) is 9.48. The highest BCUT2D eigenvalue weighted by molar-refractivity contribution is 5.95. The molecule has 0 aromatic heterocycles. The Bertz CT molecular complexity index is 542. The number of amides is 1. The quantitative estimate of drug-likeness (QED) is 0.867. The van der Waals surface area contributed by atoms with E-state index in [9.17, 15) is 27.5 Å². The van der Waals surface area contributed by atoms with E-state index in [4.69, 9.17) is 0 Å². The van der Waals surface area contributed by atoms with E-state index in [0.29, 0.717) is 18.6 Å². The van der Waals surface area contributed by atoms with Gasteiger partial charge in [0.25, 0.3) is 5.91 Å². The molecule has 0 spiro atoms. The fourth-order valence-electron chi connectivity index (χ4n) is 2.45. The molecule has 1 aromatic carbocycles. The van der Waals surface area contributed by atoms with Gasteiger partial charge in [-0.25, -0.2) is 8.78 Å². The van der Waals surface area contributed by atoms with E-state index in [-0.39, 0.29) is 19.0 Å². The van der Waals surface area contributed by atoms with Crippen LogP contribution in [0, 0.1) is 17.6 Å². The van der Waals surface area contributed by atoms with Gasteiger partial charge in [0.2, 0.25) is 0 Å². The summed E-state index contributed by atoms with van der Waals surface area (Å²) < 4.78 is 55.7. The maximum absolute atomic E-state index is 13.9. The SMILES string of the molecule is CC(O)C1CCN(C(=O)c2c(F)cc(OC(F)F)cc2F)C1. The lowest BCUT2D eigenvalue weighted by molar-refractivity contribution is -0.0501. The number of halogens is 4. The average molecular weight is 321 g/mol. The van der Waals surface area contributed by atoms with Crippen molar-refractivity contribution in [1.82, 2.24) is 4.90 Å². The second-order valence-electron chi connectivity index (χ2n) is 5.18. The van der Waals surface area contributed by atoms with Crippen molar-refractivity contribution in [2.24, 2.45) is 5.92 Å². The highest BCUT2D eigenvalue weighted by Crippen LogP contribution is 2.26. The highest BCUT2D eigenvalue weighted by Gasteiger charge is 2.32. The number of aliphatic hydroxyl groups is 1. The Morgan fingerprint density at radius 3 is 2.41 bits per heavy atom. The fourth-order valence-corrected chi connectivity index (χ4v) is 2.45. The largest absolute Gasteiger partial charge is 0.435 e. The fraction of sp³-hybridized carbons (Fsp3) is 0.500. The zero-order valence-electron chi connectivity index (χ0n) is 11.7. The number of hydrogen-bond acceptors (Lipinski definition) is 3. The molecular weight excluding hydrogens is 306 g/mol. The van der Waals surface area contributed by atoms with Gasteiger partial charge in [-0.2, -0.15) is 8.78 Å². The minimum atomic E-state index is -3.22. The van der Waals surface area contributed by atoms with Crippen molar-refractivity contribution in [2.75, 3.05) is 13.1 Å². The first-order valence-electron chi connectivity index (χ1n) is 6.70. The second-order valence-corrected chi connectivity index (χ2v) is 5.18. The van der Waals surface area contributed by atoms with Gasteiger partial charge in [-0.1, -0.05) is 0 Å². The van der Waals surface area contributed by atoms with Crippen molar-refractivity contribution < 1.29 is 32.2 Å². The molecule has 8 heteroatoms. The Morgan fingerprint density at radius 2 is 1.95 bits per heavy atom. The molecule has 2 unspecified atom stereocenters. The first kappa shape index (κ1) is 16.5. The average Bonchev–Trinajstić information content (AvgIpc) is 2.86. The predicted octanol–water partition coefficient (Wildman–Crippen LogP) is 2.41. The predicted molar refractivity (Wildman–Crippen MR) is 68.7 cm³/mol. The van der Waals surface area contributed by atoms with E-state index < -0.39 is 41.6 Å². The van der Waals surface area contributed by atoms with E-state index in [0.717, 1.165) is 0 Å². The van der Waals surface area contributed by atoms with E-state index in [1.54, 1.807) is 6.92 Å². The van der Waals surface area contributed by atoms with Crippen LogP contribution in [0.25, 0.3) is 0 Å². The zero-order valence-corrected chi connectivity index (χ0v) is 11.7. The number of benzene rings is 1. The van der Waals surface area contributed by atoms with Crippen LogP contribution >= 0.6 is 0 Å². The standard InChI is InChI=1S/C14H15F4NO3/c1-7(20)8-2-3-19(6-8)13(21)12-10(15)4-9(5-11(12)16)22-14(17)18/h4-5,7-8,14,20H,2-3,6H2,1H3. The van der Waals surface area contributed by atoms with Gasteiger partial charge >= 0.3 is 6.61 Å². The van der Waals surface area contributed by atoms with Gasteiger partial charge in [-0.15, -0.1) is 0 Å².